The first-order chi connectivity index (χ1) is 12.8. The molecule has 0 aliphatic carbocycles. The molecule has 0 saturated carbocycles. The van der Waals surface area contributed by atoms with Crippen LogP contribution in [-0.2, 0) is 13.1 Å². The van der Waals surface area contributed by atoms with Crippen molar-refractivity contribution in [3.63, 3.8) is 0 Å². The summed E-state index contributed by atoms with van der Waals surface area (Å²) in [5, 5.41) is 21.6. The molecule has 0 fully saturated rings. The molecule has 3 rings (SSSR count). The summed E-state index contributed by atoms with van der Waals surface area (Å²) in [7, 11) is 7.44. The van der Waals surface area contributed by atoms with E-state index >= 15 is 0 Å². The second-order valence-corrected chi connectivity index (χ2v) is 7.48. The van der Waals surface area contributed by atoms with E-state index in [1.54, 1.807) is 0 Å². The van der Waals surface area contributed by atoms with Crippen molar-refractivity contribution in [3.05, 3.63) is 52.6 Å². The number of Topliss-reactive ketones (excluding diaryl/α,β-unsaturated/α-hetero) is 1. The largest absolute Gasteiger partial charge is 0.507 e. The van der Waals surface area contributed by atoms with Crippen LogP contribution >= 0.6 is 0 Å². The minimum Gasteiger partial charge on any atom is -0.507 e. The number of phenols is 2. The van der Waals surface area contributed by atoms with Gasteiger partial charge in [-0.1, -0.05) is 30.3 Å². The topological polar surface area (TPSA) is 73.2 Å². The van der Waals surface area contributed by atoms with Gasteiger partial charge in [-0.3, -0.25) is 4.79 Å². The van der Waals surface area contributed by atoms with Gasteiger partial charge in [-0.25, -0.2) is 0 Å². The van der Waals surface area contributed by atoms with Gasteiger partial charge in [0.25, 0.3) is 0 Å². The average Bonchev–Trinajstić information content (AvgIpc) is 2.62. The Hall–Kier alpha value is -2.57. The summed E-state index contributed by atoms with van der Waals surface area (Å²) < 4.78 is 6.16. The van der Waals surface area contributed by atoms with E-state index in [1.807, 2.05) is 68.3 Å². The van der Waals surface area contributed by atoms with E-state index in [-0.39, 0.29) is 35.0 Å². The summed E-state index contributed by atoms with van der Waals surface area (Å²) in [4.78, 5) is 16.7. The highest BCUT2D eigenvalue weighted by molar-refractivity contribution is 6.04. The molecule has 27 heavy (non-hydrogen) atoms. The molecule has 0 unspecified atom stereocenters. The maximum absolute atomic E-state index is 12.9. The van der Waals surface area contributed by atoms with Crippen LogP contribution in [0.4, 0.5) is 0 Å². The van der Waals surface area contributed by atoms with Gasteiger partial charge in [0.15, 0.2) is 5.78 Å². The zero-order chi connectivity index (χ0) is 19.7. The predicted molar refractivity (Wildman–Crippen MR) is 103 cm³/mol. The lowest BCUT2D eigenvalue weighted by Gasteiger charge is -2.30. The monoisotopic (exact) mass is 370 g/mol. The van der Waals surface area contributed by atoms with Gasteiger partial charge in [0.05, 0.1) is 17.5 Å². The molecular formula is C21H26N2O4. The van der Waals surface area contributed by atoms with Gasteiger partial charge in [0, 0.05) is 13.1 Å². The molecular weight excluding hydrogens is 344 g/mol. The highest BCUT2D eigenvalue weighted by atomic mass is 16.5. The zero-order valence-electron chi connectivity index (χ0n) is 16.2. The van der Waals surface area contributed by atoms with Crippen LogP contribution in [0.25, 0.3) is 0 Å². The summed E-state index contributed by atoms with van der Waals surface area (Å²) >= 11 is 0. The molecule has 1 heterocycles. The first-order valence-electron chi connectivity index (χ1n) is 8.93. The molecule has 2 aromatic carbocycles. The van der Waals surface area contributed by atoms with Gasteiger partial charge >= 0.3 is 0 Å². The SMILES string of the molecule is CN(C)Cc1c(O)c(CN(C)C)c2c(c1O)C(=O)C[C@@H](c1ccccc1)O2. The normalized spacial score (nSPS) is 16.5. The van der Waals surface area contributed by atoms with E-state index in [4.69, 9.17) is 4.74 Å². The number of aromatic hydroxyl groups is 2. The second-order valence-electron chi connectivity index (χ2n) is 7.48. The molecule has 2 N–H and O–H groups in total. The molecule has 0 bridgehead atoms. The molecule has 0 radical (unpaired) electrons. The van der Waals surface area contributed by atoms with Crippen LogP contribution in [0, 0.1) is 0 Å². The quantitative estimate of drug-likeness (QED) is 0.843. The summed E-state index contributed by atoms with van der Waals surface area (Å²) in [5.74, 6) is -0.0979. The van der Waals surface area contributed by atoms with E-state index in [0.29, 0.717) is 24.2 Å². The van der Waals surface area contributed by atoms with Crippen molar-refractivity contribution in [1.82, 2.24) is 9.80 Å². The van der Waals surface area contributed by atoms with Crippen molar-refractivity contribution in [2.75, 3.05) is 28.2 Å². The van der Waals surface area contributed by atoms with Gasteiger partial charge in [0.2, 0.25) is 0 Å². The molecule has 2 aromatic rings. The minimum atomic E-state index is -0.439. The third kappa shape index (κ3) is 3.77. The second kappa shape index (κ2) is 7.58. The first-order valence-corrected chi connectivity index (χ1v) is 8.93. The molecule has 1 aliphatic heterocycles. The Balaban J connectivity index is 2.16. The van der Waals surface area contributed by atoms with Crippen molar-refractivity contribution < 1.29 is 19.7 Å². The molecule has 6 heteroatoms. The number of nitrogens with zero attached hydrogens (tertiary/aromatic N) is 2. The summed E-state index contributed by atoms with van der Waals surface area (Å²) in [5.41, 5.74) is 1.95. The van der Waals surface area contributed by atoms with E-state index in [9.17, 15) is 15.0 Å². The van der Waals surface area contributed by atoms with Gasteiger partial charge in [-0.15, -0.1) is 0 Å². The van der Waals surface area contributed by atoms with E-state index in [1.165, 1.54) is 0 Å². The van der Waals surface area contributed by atoms with Gasteiger partial charge in [-0.05, 0) is 33.8 Å². The van der Waals surface area contributed by atoms with Crippen LogP contribution in [0.5, 0.6) is 17.2 Å². The Kier molecular flexibility index (Phi) is 5.39. The molecule has 0 saturated heterocycles. The number of carbonyl (C=O) groups excluding carboxylic acids is 1. The van der Waals surface area contributed by atoms with Crippen LogP contribution in [0.1, 0.15) is 39.6 Å². The highest BCUT2D eigenvalue weighted by Crippen LogP contribution is 2.48. The van der Waals surface area contributed by atoms with E-state index in [2.05, 4.69) is 0 Å². The minimum absolute atomic E-state index is 0.0184. The Bertz CT molecular complexity index is 847. The molecule has 1 aliphatic rings. The Morgan fingerprint density at radius 1 is 0.963 bits per heavy atom. The summed E-state index contributed by atoms with van der Waals surface area (Å²) in [6, 6.07) is 9.53. The Morgan fingerprint density at radius 3 is 2.15 bits per heavy atom. The van der Waals surface area contributed by atoms with E-state index in [0.717, 1.165) is 5.56 Å². The number of hydrogen-bond acceptors (Lipinski definition) is 6. The number of rotatable bonds is 5. The average molecular weight is 370 g/mol. The van der Waals surface area contributed by atoms with Gasteiger partial charge in [-0.2, -0.15) is 0 Å². The maximum Gasteiger partial charge on any atom is 0.174 e. The Labute approximate surface area is 159 Å². The number of carbonyl (C=O) groups is 1. The molecule has 0 aromatic heterocycles. The fourth-order valence-corrected chi connectivity index (χ4v) is 3.44. The number of ketones is 1. The smallest absolute Gasteiger partial charge is 0.174 e. The van der Waals surface area contributed by atoms with Crippen molar-refractivity contribution in [2.24, 2.45) is 0 Å². The van der Waals surface area contributed by atoms with Crippen LogP contribution in [0.2, 0.25) is 0 Å². The highest BCUT2D eigenvalue weighted by Gasteiger charge is 2.35. The lowest BCUT2D eigenvalue weighted by atomic mass is 9.90. The molecule has 6 nitrogen and oxygen atoms in total. The third-order valence-corrected chi connectivity index (χ3v) is 4.63. The van der Waals surface area contributed by atoms with Crippen LogP contribution in [-0.4, -0.2) is 54.0 Å². The fourth-order valence-electron chi connectivity index (χ4n) is 3.44. The molecule has 0 amide bonds. The van der Waals surface area contributed by atoms with Crippen molar-refractivity contribution >= 4 is 5.78 Å². The molecule has 144 valence electrons. The summed E-state index contributed by atoms with van der Waals surface area (Å²) in [6.45, 7) is 0.713. The van der Waals surface area contributed by atoms with Crippen LogP contribution in [0.3, 0.4) is 0 Å². The predicted octanol–water partition coefficient (Wildman–Crippen LogP) is 2.93. The summed E-state index contributed by atoms with van der Waals surface area (Å²) in [6.07, 6.45) is -0.288. The number of hydrogen-bond donors (Lipinski definition) is 2. The number of phenolic OH excluding ortho intramolecular Hbond substituents is 2. The molecule has 1 atom stereocenters. The number of benzene rings is 2. The lowest BCUT2D eigenvalue weighted by Crippen LogP contribution is -2.24. The number of fused-ring (bicyclic) bond motifs is 1. The zero-order valence-corrected chi connectivity index (χ0v) is 16.2. The van der Waals surface area contributed by atoms with E-state index < -0.39 is 6.10 Å². The van der Waals surface area contributed by atoms with Gasteiger partial charge in [0.1, 0.15) is 28.9 Å². The van der Waals surface area contributed by atoms with Gasteiger partial charge < -0.3 is 24.7 Å². The van der Waals surface area contributed by atoms with Crippen molar-refractivity contribution in [3.8, 4) is 17.2 Å². The Morgan fingerprint density at radius 2 is 1.56 bits per heavy atom. The first kappa shape index (κ1) is 19.2. The van der Waals surface area contributed by atoms with Crippen LogP contribution in [0.15, 0.2) is 30.3 Å². The van der Waals surface area contributed by atoms with Crippen LogP contribution < -0.4 is 4.74 Å². The van der Waals surface area contributed by atoms with Crippen molar-refractivity contribution in [1.29, 1.82) is 0 Å². The lowest BCUT2D eigenvalue weighted by molar-refractivity contribution is 0.0839. The fraction of sp³-hybridized carbons (Fsp3) is 0.381. The maximum atomic E-state index is 12.9. The standard InChI is InChI=1S/C21H26N2O4/c1-22(2)11-14-19(25)15(12-23(3)4)21-18(20(14)26)16(24)10-17(27-21)13-8-6-5-7-9-13/h5-9,17,25-26H,10-12H2,1-4H3/t17-/m0/s1. The molecule has 0 spiro atoms. The van der Waals surface area contributed by atoms with Crippen molar-refractivity contribution in [2.45, 2.75) is 25.6 Å². The third-order valence-electron chi connectivity index (χ3n) is 4.63. The number of ether oxygens (including phenoxy) is 1.